The first kappa shape index (κ1) is 26.9. The van der Waals surface area contributed by atoms with Gasteiger partial charge in [-0.1, -0.05) is 44.2 Å². The zero-order chi connectivity index (χ0) is 27.0. The largest absolute Gasteiger partial charge is 0.465 e. The summed E-state index contributed by atoms with van der Waals surface area (Å²) in [6.07, 6.45) is 16.6. The molecule has 2 aromatic rings. The van der Waals surface area contributed by atoms with Crippen LogP contribution in [0.25, 0.3) is 11.0 Å². The second-order valence-electron chi connectivity index (χ2n) is 12.8. The van der Waals surface area contributed by atoms with Gasteiger partial charge in [-0.25, -0.2) is 4.98 Å². The number of piperidine rings is 1. The number of nitrogens with two attached hydrogens (primary N) is 1. The number of esters is 1. The normalized spacial score (nSPS) is 32.6. The predicted molar refractivity (Wildman–Crippen MR) is 154 cm³/mol. The first-order valence-electron chi connectivity index (χ1n) is 15.7. The van der Waals surface area contributed by atoms with Gasteiger partial charge in [0.25, 0.3) is 5.56 Å². The molecule has 1 unspecified atom stereocenters. The Kier molecular flexibility index (Phi) is 7.82. The first-order chi connectivity index (χ1) is 19.0. The van der Waals surface area contributed by atoms with Crippen molar-refractivity contribution in [1.82, 2.24) is 14.5 Å². The van der Waals surface area contributed by atoms with Gasteiger partial charge in [-0.05, 0) is 83.3 Å². The Labute approximate surface area is 232 Å². The Morgan fingerprint density at radius 2 is 1.56 bits per heavy atom. The van der Waals surface area contributed by atoms with E-state index in [1.165, 1.54) is 57.8 Å². The summed E-state index contributed by atoms with van der Waals surface area (Å²) in [7, 11) is 0. The molecule has 1 aromatic carbocycles. The Bertz CT molecular complexity index is 1210. The van der Waals surface area contributed by atoms with Crippen LogP contribution in [0.1, 0.15) is 121 Å². The van der Waals surface area contributed by atoms with Crippen molar-refractivity contribution in [2.24, 2.45) is 5.73 Å². The third kappa shape index (κ3) is 5.17. The number of hydrogen-bond donors (Lipinski definition) is 1. The highest BCUT2D eigenvalue weighted by atomic mass is 16.5. The van der Waals surface area contributed by atoms with Crippen LogP contribution in [0.5, 0.6) is 0 Å². The molecule has 2 aliphatic carbocycles. The van der Waals surface area contributed by atoms with E-state index in [2.05, 4.69) is 15.5 Å². The molecule has 2 N–H and O–H groups in total. The van der Waals surface area contributed by atoms with Crippen molar-refractivity contribution < 1.29 is 9.53 Å². The third-order valence-corrected chi connectivity index (χ3v) is 10.4. The molecule has 39 heavy (non-hydrogen) atoms. The summed E-state index contributed by atoms with van der Waals surface area (Å²) in [5, 5.41) is 0. The number of nitrogens with zero attached hydrogens (tertiary/aromatic N) is 3. The van der Waals surface area contributed by atoms with Crippen LogP contribution in [0, 0.1) is 0 Å². The molecule has 4 aliphatic rings. The number of hydrogen-bond acceptors (Lipinski definition) is 6. The third-order valence-electron chi connectivity index (χ3n) is 10.4. The number of para-hydroxylation sites is 2. The fourth-order valence-corrected chi connectivity index (χ4v) is 8.41. The topological polar surface area (TPSA) is 90.5 Å². The van der Waals surface area contributed by atoms with Crippen molar-refractivity contribution in [3.8, 4) is 0 Å². The first-order valence-corrected chi connectivity index (χ1v) is 15.7. The number of carbonyl (C=O) groups excluding carboxylic acids is 1. The summed E-state index contributed by atoms with van der Waals surface area (Å²) in [6, 6.07) is 10.3. The van der Waals surface area contributed by atoms with E-state index in [0.29, 0.717) is 50.1 Å². The van der Waals surface area contributed by atoms with Gasteiger partial charge in [-0.15, -0.1) is 0 Å². The van der Waals surface area contributed by atoms with Crippen molar-refractivity contribution >= 4 is 17.0 Å². The number of carbonyl (C=O) groups is 1. The van der Waals surface area contributed by atoms with E-state index in [1.807, 2.05) is 25.1 Å². The van der Waals surface area contributed by atoms with Gasteiger partial charge in [0, 0.05) is 30.1 Å². The molecule has 7 heteroatoms. The van der Waals surface area contributed by atoms with Crippen LogP contribution in [0.2, 0.25) is 0 Å². The summed E-state index contributed by atoms with van der Waals surface area (Å²) in [4.78, 5) is 34.6. The number of fused-ring (bicyclic) bond motifs is 3. The lowest BCUT2D eigenvalue weighted by Crippen LogP contribution is -2.52. The van der Waals surface area contributed by atoms with E-state index >= 15 is 0 Å². The zero-order valence-corrected chi connectivity index (χ0v) is 23.7. The van der Waals surface area contributed by atoms with Crippen LogP contribution in [0.15, 0.2) is 29.1 Å². The second kappa shape index (κ2) is 11.3. The smallest absolute Gasteiger partial charge is 0.326 e. The van der Waals surface area contributed by atoms with E-state index in [4.69, 9.17) is 15.5 Å². The van der Waals surface area contributed by atoms with E-state index in [-0.39, 0.29) is 23.5 Å². The second-order valence-corrected chi connectivity index (χ2v) is 12.8. The van der Waals surface area contributed by atoms with Crippen molar-refractivity contribution in [3.63, 3.8) is 0 Å². The lowest BCUT2D eigenvalue weighted by molar-refractivity contribution is -0.151. The van der Waals surface area contributed by atoms with Crippen molar-refractivity contribution in [3.05, 3.63) is 40.3 Å². The van der Waals surface area contributed by atoms with Crippen molar-refractivity contribution in [2.45, 2.75) is 139 Å². The number of rotatable bonds is 5. The molecule has 0 radical (unpaired) electrons. The maximum absolute atomic E-state index is 14.2. The van der Waals surface area contributed by atoms with Crippen molar-refractivity contribution in [1.29, 1.82) is 0 Å². The zero-order valence-electron chi connectivity index (χ0n) is 23.7. The van der Waals surface area contributed by atoms with Gasteiger partial charge in [0.1, 0.15) is 11.2 Å². The van der Waals surface area contributed by atoms with Crippen LogP contribution in [-0.4, -0.2) is 50.7 Å². The fraction of sp³-hybridized carbons (Fsp3) is 0.719. The summed E-state index contributed by atoms with van der Waals surface area (Å²) in [5.41, 5.74) is 8.10. The minimum atomic E-state index is -0.953. The molecule has 2 saturated heterocycles. The van der Waals surface area contributed by atoms with Gasteiger partial charge < -0.3 is 15.0 Å². The van der Waals surface area contributed by atoms with Crippen LogP contribution >= 0.6 is 0 Å². The van der Waals surface area contributed by atoms with Crippen LogP contribution in [-0.2, 0) is 9.53 Å². The molecule has 3 atom stereocenters. The highest BCUT2D eigenvalue weighted by Crippen LogP contribution is 2.44. The van der Waals surface area contributed by atoms with E-state index in [0.717, 1.165) is 29.9 Å². The molecular weight excluding hydrogens is 488 g/mol. The van der Waals surface area contributed by atoms with E-state index in [1.54, 1.807) is 0 Å². The van der Waals surface area contributed by atoms with E-state index < -0.39 is 5.54 Å². The quantitative estimate of drug-likeness (QED) is 0.503. The summed E-state index contributed by atoms with van der Waals surface area (Å²) < 4.78 is 7.37. The Hall–Kier alpha value is -2.25. The molecule has 2 aliphatic heterocycles. The summed E-state index contributed by atoms with van der Waals surface area (Å²) in [6.45, 7) is 2.14. The molecule has 0 amide bonds. The van der Waals surface area contributed by atoms with Gasteiger partial charge in [0.05, 0.1) is 17.6 Å². The molecule has 3 heterocycles. The number of benzene rings is 1. The highest BCUT2D eigenvalue weighted by molar-refractivity contribution is 5.80. The van der Waals surface area contributed by atoms with Gasteiger partial charge in [-0.2, -0.15) is 0 Å². The Morgan fingerprint density at radius 3 is 2.23 bits per heavy atom. The molecule has 4 fully saturated rings. The van der Waals surface area contributed by atoms with Gasteiger partial charge in [0.15, 0.2) is 0 Å². The number of ether oxygens (including phenoxy) is 1. The van der Waals surface area contributed by atoms with Crippen LogP contribution in [0.4, 0.5) is 0 Å². The van der Waals surface area contributed by atoms with Crippen molar-refractivity contribution in [2.75, 3.05) is 6.61 Å². The fourth-order valence-electron chi connectivity index (χ4n) is 8.41. The average molecular weight is 535 g/mol. The monoisotopic (exact) mass is 534 g/mol. The Balaban J connectivity index is 1.27. The lowest BCUT2D eigenvalue weighted by Gasteiger charge is -2.45. The molecule has 6 rings (SSSR count). The van der Waals surface area contributed by atoms with Gasteiger partial charge in [-0.3, -0.25) is 14.5 Å². The Morgan fingerprint density at radius 1 is 0.923 bits per heavy atom. The maximum Gasteiger partial charge on any atom is 0.326 e. The molecule has 7 nitrogen and oxygen atoms in total. The molecule has 212 valence electrons. The summed E-state index contributed by atoms with van der Waals surface area (Å²) in [5.74, 6) is -0.301. The standard InChI is InChI=1S/C32H46N4O3/c1-2-39-31(38)32(33)18-16-22(17-19-32)29-30(37)36(28-13-9-8-12-27(28)34-29)26-20-24-14-15-25(21-26)35(24)23-10-6-4-3-5-7-11-23/h8-9,12-13,22-26H,2-7,10-11,14-21,33H2,1H3/t22?,24-,25+,26?,32?. The number of aromatic nitrogens is 2. The van der Waals surface area contributed by atoms with E-state index in [9.17, 15) is 9.59 Å². The maximum atomic E-state index is 14.2. The molecule has 2 bridgehead atoms. The minimum absolute atomic E-state index is 0.0196. The predicted octanol–water partition coefficient (Wildman–Crippen LogP) is 5.60. The highest BCUT2D eigenvalue weighted by Gasteiger charge is 2.45. The SMILES string of the molecule is CCOC(=O)C1(N)CCC(c2nc3ccccc3n(C3C[C@H]4CC[C@@H](C3)N4C3CCCCCCC3)c2=O)CC1. The molecule has 1 aromatic heterocycles. The minimum Gasteiger partial charge on any atom is -0.465 e. The average Bonchev–Trinajstić information content (AvgIpc) is 3.17. The van der Waals surface area contributed by atoms with Gasteiger partial charge in [0.2, 0.25) is 0 Å². The molecule has 2 saturated carbocycles. The van der Waals surface area contributed by atoms with Crippen LogP contribution in [0.3, 0.4) is 0 Å². The summed E-state index contributed by atoms with van der Waals surface area (Å²) >= 11 is 0. The van der Waals surface area contributed by atoms with Crippen LogP contribution < -0.4 is 11.3 Å². The lowest BCUT2D eigenvalue weighted by atomic mass is 9.76. The molecular formula is C32H46N4O3. The molecule has 0 spiro atoms. The van der Waals surface area contributed by atoms with Gasteiger partial charge >= 0.3 is 5.97 Å².